The average molecular weight is 774 g/mol. The number of nitrogens with zero attached hydrogens (tertiary/aromatic N) is 2. The van der Waals surface area contributed by atoms with Crippen LogP contribution in [0.1, 0.15) is 6.92 Å². The van der Waals surface area contributed by atoms with E-state index in [1.54, 1.807) is 23.1 Å². The van der Waals surface area contributed by atoms with E-state index in [4.69, 9.17) is 14.5 Å². The second-order valence-electron chi connectivity index (χ2n) is 13.0. The first-order valence-electron chi connectivity index (χ1n) is 17.1. The number of thioether (sulfide) groups is 1. The number of esters is 1. The van der Waals surface area contributed by atoms with E-state index in [1.807, 2.05) is 41.7 Å². The molecule has 7 nitrogen and oxygen atoms in total. The first-order valence-corrected chi connectivity index (χ1v) is 20.6. The van der Waals surface area contributed by atoms with Gasteiger partial charge in [-0.1, -0.05) is 109 Å². The van der Waals surface area contributed by atoms with E-state index in [0.717, 1.165) is 31.7 Å². The lowest BCUT2D eigenvalue weighted by Crippen LogP contribution is -2.36. The lowest BCUT2D eigenvalue weighted by atomic mass is 9.94. The normalized spacial score (nSPS) is 13.3. The number of nitrogens with one attached hydrogen (secondary N) is 1. The number of carbonyl (C=O) groups is 2. The van der Waals surface area contributed by atoms with Gasteiger partial charge in [-0.05, 0) is 59.7 Å². The lowest BCUT2D eigenvalue weighted by molar-refractivity contribution is -0.137. The Morgan fingerprint density at radius 3 is 2.47 bits per heavy atom. The van der Waals surface area contributed by atoms with Gasteiger partial charge in [0.05, 0.1) is 16.8 Å². The highest BCUT2D eigenvalue weighted by atomic mass is 32.2. The second kappa shape index (κ2) is 15.4. The van der Waals surface area contributed by atoms with Crippen LogP contribution in [0.2, 0.25) is 0 Å². The molecule has 0 bridgehead atoms. The molecule has 0 aliphatic carbocycles. The van der Waals surface area contributed by atoms with Crippen LogP contribution in [0.15, 0.2) is 146 Å². The molecule has 266 valence electrons. The van der Waals surface area contributed by atoms with Gasteiger partial charge in [-0.2, -0.15) is 0 Å². The number of carbonyl (C=O) groups excluding carboxylic acids is 2. The Labute approximate surface area is 324 Å². The summed E-state index contributed by atoms with van der Waals surface area (Å²) in [6.45, 7) is 6.49. The summed E-state index contributed by atoms with van der Waals surface area (Å²) in [5.41, 5.74) is 5.15. The molecule has 3 heterocycles. The van der Waals surface area contributed by atoms with Crippen LogP contribution in [0, 0.1) is 5.41 Å². The van der Waals surface area contributed by atoms with Crippen molar-refractivity contribution in [2.75, 3.05) is 25.5 Å². The fourth-order valence-corrected chi connectivity index (χ4v) is 11.1. The average Bonchev–Trinajstić information content (AvgIpc) is 3.75. The quantitative estimate of drug-likeness (QED) is 0.0569. The van der Waals surface area contributed by atoms with Gasteiger partial charge in [-0.3, -0.25) is 0 Å². The Hall–Kier alpha value is -4.68. The molecule has 0 saturated carbocycles. The minimum absolute atomic E-state index is 0.0324. The molecule has 53 heavy (non-hydrogen) atoms. The first-order chi connectivity index (χ1) is 25.9. The highest BCUT2D eigenvalue weighted by molar-refractivity contribution is 8.05. The Kier molecular flexibility index (Phi) is 10.2. The summed E-state index contributed by atoms with van der Waals surface area (Å²) in [5.74, 6) is 0.125. The van der Waals surface area contributed by atoms with Crippen molar-refractivity contribution in [3.8, 4) is 11.1 Å². The SMILES string of the molecule is C=CC(=O)OCCNC(=O)OCC(C)(CSc1nc2ccccc2s1)Cn1c2ccccc2c2cc(-c3cccc4c3Sc3ccccc3S4)ccc21. The third-order valence-electron chi connectivity index (χ3n) is 9.04. The summed E-state index contributed by atoms with van der Waals surface area (Å²) < 4.78 is 15.3. The van der Waals surface area contributed by atoms with Crippen molar-refractivity contribution in [1.82, 2.24) is 14.9 Å². The third kappa shape index (κ3) is 7.57. The number of rotatable bonds is 12. The van der Waals surface area contributed by atoms with Gasteiger partial charge in [0.15, 0.2) is 4.34 Å². The second-order valence-corrected chi connectivity index (χ2v) is 17.4. The fraction of sp³-hybridized carbons (Fsp3) is 0.167. The van der Waals surface area contributed by atoms with Crippen LogP contribution in [-0.2, 0) is 20.8 Å². The molecule has 0 radical (unpaired) electrons. The summed E-state index contributed by atoms with van der Waals surface area (Å²) in [6, 6.07) is 38.7. The number of benzene rings is 5. The summed E-state index contributed by atoms with van der Waals surface area (Å²) in [5, 5.41) is 5.05. The van der Waals surface area contributed by atoms with Crippen LogP contribution in [0.25, 0.3) is 43.1 Å². The highest BCUT2D eigenvalue weighted by Crippen LogP contribution is 2.52. The molecule has 5 aromatic carbocycles. The molecule has 0 fully saturated rings. The van der Waals surface area contributed by atoms with Crippen molar-refractivity contribution in [3.05, 3.63) is 122 Å². The van der Waals surface area contributed by atoms with Gasteiger partial charge in [-0.25, -0.2) is 14.6 Å². The topological polar surface area (TPSA) is 82.4 Å². The molecule has 1 aliphatic rings. The summed E-state index contributed by atoms with van der Waals surface area (Å²) in [6.07, 6.45) is 0.529. The number of amides is 1. The Balaban J connectivity index is 1.10. The van der Waals surface area contributed by atoms with Crippen molar-refractivity contribution >= 4 is 90.7 Å². The number of aromatic nitrogens is 2. The van der Waals surface area contributed by atoms with E-state index in [0.29, 0.717) is 12.3 Å². The maximum absolute atomic E-state index is 12.8. The van der Waals surface area contributed by atoms with Crippen molar-refractivity contribution < 1.29 is 19.1 Å². The lowest BCUT2D eigenvalue weighted by Gasteiger charge is -2.30. The minimum Gasteiger partial charge on any atom is -0.461 e. The van der Waals surface area contributed by atoms with Crippen LogP contribution in [0.3, 0.4) is 0 Å². The number of hydrogen-bond acceptors (Lipinski definition) is 9. The van der Waals surface area contributed by atoms with Gasteiger partial charge in [0.1, 0.15) is 13.2 Å². The monoisotopic (exact) mass is 773 g/mol. The maximum Gasteiger partial charge on any atom is 0.407 e. The zero-order chi connectivity index (χ0) is 36.4. The van der Waals surface area contributed by atoms with Crippen molar-refractivity contribution in [3.63, 3.8) is 0 Å². The molecular formula is C42H35N3O4S4. The Bertz CT molecular complexity index is 2480. The van der Waals surface area contributed by atoms with E-state index in [9.17, 15) is 9.59 Å². The van der Waals surface area contributed by atoms with Crippen LogP contribution in [0.5, 0.6) is 0 Å². The first kappa shape index (κ1) is 35.4. The number of fused-ring (bicyclic) bond motifs is 6. The van der Waals surface area contributed by atoms with Crippen LogP contribution >= 0.6 is 46.6 Å². The predicted molar refractivity (Wildman–Crippen MR) is 219 cm³/mol. The molecule has 2 aromatic heterocycles. The number of ether oxygens (including phenoxy) is 2. The summed E-state index contributed by atoms with van der Waals surface area (Å²) >= 11 is 7.03. The number of alkyl carbamates (subject to hydrolysis) is 1. The van der Waals surface area contributed by atoms with Gasteiger partial charge in [0, 0.05) is 65.2 Å². The molecule has 1 unspecified atom stereocenters. The smallest absolute Gasteiger partial charge is 0.407 e. The van der Waals surface area contributed by atoms with Crippen LogP contribution in [-0.4, -0.2) is 47.1 Å². The van der Waals surface area contributed by atoms with E-state index in [-0.39, 0.29) is 19.8 Å². The fourth-order valence-electron chi connectivity index (χ4n) is 6.49. The molecule has 1 N–H and O–H groups in total. The number of thiazole rings is 1. The van der Waals surface area contributed by atoms with Gasteiger partial charge >= 0.3 is 12.1 Å². The summed E-state index contributed by atoms with van der Waals surface area (Å²) in [4.78, 5) is 34.2. The van der Waals surface area contributed by atoms with Crippen LogP contribution < -0.4 is 5.32 Å². The molecule has 11 heteroatoms. The standard InChI is InChI=1S/C42H35N3O4S4/c1-3-38(46)48-22-21-43-40(47)49-25-42(2,26-50-41-44-31-13-5-7-15-34(31)53-41)24-45-32-14-6-4-11-29(32)30-23-27(19-20-33(30)45)28-12-10-18-37-39(28)52-36-17-9-8-16-35(36)51-37/h3-20,23H,1,21-22,24-26H2,2H3,(H,43,47). The van der Waals surface area contributed by atoms with Gasteiger partial charge < -0.3 is 19.4 Å². The third-order valence-corrected chi connectivity index (χ3v) is 14.3. The van der Waals surface area contributed by atoms with E-state index in [1.165, 1.54) is 41.5 Å². The maximum atomic E-state index is 12.8. The molecule has 7 aromatic rings. The van der Waals surface area contributed by atoms with Gasteiger partial charge in [0.2, 0.25) is 0 Å². The molecular weight excluding hydrogens is 739 g/mol. The van der Waals surface area contributed by atoms with Gasteiger partial charge in [0.25, 0.3) is 0 Å². The molecule has 0 spiro atoms. The summed E-state index contributed by atoms with van der Waals surface area (Å²) in [7, 11) is 0. The molecule has 8 rings (SSSR count). The van der Waals surface area contributed by atoms with Gasteiger partial charge in [-0.15, -0.1) is 11.3 Å². The largest absolute Gasteiger partial charge is 0.461 e. The highest BCUT2D eigenvalue weighted by Gasteiger charge is 2.30. The minimum atomic E-state index is -0.562. The van der Waals surface area contributed by atoms with Crippen molar-refractivity contribution in [2.45, 2.75) is 37.4 Å². The van der Waals surface area contributed by atoms with E-state index >= 15 is 0 Å². The number of para-hydroxylation sites is 2. The predicted octanol–water partition coefficient (Wildman–Crippen LogP) is 10.9. The van der Waals surface area contributed by atoms with Crippen molar-refractivity contribution in [1.29, 1.82) is 0 Å². The Morgan fingerprint density at radius 2 is 1.62 bits per heavy atom. The molecule has 1 aliphatic heterocycles. The molecule has 0 saturated heterocycles. The van der Waals surface area contributed by atoms with E-state index in [2.05, 4.69) is 114 Å². The van der Waals surface area contributed by atoms with E-state index < -0.39 is 17.5 Å². The van der Waals surface area contributed by atoms with Crippen LogP contribution in [0.4, 0.5) is 4.79 Å². The Morgan fingerprint density at radius 1 is 0.868 bits per heavy atom. The number of hydrogen-bond donors (Lipinski definition) is 1. The molecule has 1 amide bonds. The molecule has 1 atom stereocenters. The van der Waals surface area contributed by atoms with Crippen molar-refractivity contribution in [2.24, 2.45) is 5.41 Å². The zero-order valence-corrected chi connectivity index (χ0v) is 32.1. The zero-order valence-electron chi connectivity index (χ0n) is 28.9.